The summed E-state index contributed by atoms with van der Waals surface area (Å²) in [5, 5.41) is 6.01. The van der Waals surface area contributed by atoms with Crippen molar-refractivity contribution in [3.8, 4) is 5.75 Å². The number of ether oxygens (including phenoxy) is 2. The minimum absolute atomic E-state index is 0.194. The summed E-state index contributed by atoms with van der Waals surface area (Å²) < 4.78 is 10.8. The molecule has 6 nitrogen and oxygen atoms in total. The molecule has 2 atom stereocenters. The lowest BCUT2D eigenvalue weighted by molar-refractivity contribution is -0.144. The van der Waals surface area contributed by atoms with E-state index in [1.807, 2.05) is 36.4 Å². The molecule has 2 N–H and O–H groups in total. The lowest BCUT2D eigenvalue weighted by Crippen LogP contribution is -2.35. The Labute approximate surface area is 152 Å². The van der Waals surface area contributed by atoms with Crippen molar-refractivity contribution in [3.05, 3.63) is 54.1 Å². The molecule has 1 heterocycles. The first-order valence-electron chi connectivity index (χ1n) is 8.65. The number of carbonyl (C=O) groups is 2. The van der Waals surface area contributed by atoms with E-state index in [-0.39, 0.29) is 11.9 Å². The molecule has 1 aliphatic rings. The van der Waals surface area contributed by atoms with E-state index in [0.717, 1.165) is 5.56 Å². The van der Waals surface area contributed by atoms with Crippen molar-refractivity contribution in [2.45, 2.75) is 32.4 Å². The molecule has 136 valence electrons. The summed E-state index contributed by atoms with van der Waals surface area (Å²) in [5.41, 5.74) is 2.32. The quantitative estimate of drug-likeness (QED) is 0.780. The molecule has 0 saturated carbocycles. The van der Waals surface area contributed by atoms with Crippen LogP contribution in [0.1, 0.15) is 19.4 Å². The van der Waals surface area contributed by atoms with Gasteiger partial charge in [-0.3, -0.25) is 4.79 Å². The Morgan fingerprint density at radius 3 is 2.77 bits per heavy atom. The molecule has 6 heteroatoms. The minimum atomic E-state index is -0.533. The minimum Gasteiger partial charge on any atom is -0.479 e. The molecular weight excluding hydrogens is 332 g/mol. The van der Waals surface area contributed by atoms with E-state index in [0.29, 0.717) is 30.2 Å². The number of carbonyl (C=O) groups excluding carboxylic acids is 2. The molecule has 2 aromatic carbocycles. The van der Waals surface area contributed by atoms with Gasteiger partial charge in [0, 0.05) is 12.1 Å². The van der Waals surface area contributed by atoms with E-state index >= 15 is 0 Å². The molecule has 0 fully saturated rings. The highest BCUT2D eigenvalue weighted by Gasteiger charge is 2.25. The van der Waals surface area contributed by atoms with Crippen molar-refractivity contribution < 1.29 is 19.1 Å². The maximum absolute atomic E-state index is 12.4. The fourth-order valence-electron chi connectivity index (χ4n) is 2.79. The van der Waals surface area contributed by atoms with Crippen LogP contribution in [0.4, 0.5) is 11.4 Å². The zero-order chi connectivity index (χ0) is 18.5. The molecule has 0 radical (unpaired) electrons. The van der Waals surface area contributed by atoms with Gasteiger partial charge in [0.15, 0.2) is 6.10 Å². The van der Waals surface area contributed by atoms with Crippen LogP contribution >= 0.6 is 0 Å². The molecular formula is C20H22N2O4. The smallest absolute Gasteiger partial charge is 0.328 e. The summed E-state index contributed by atoms with van der Waals surface area (Å²) >= 11 is 0. The van der Waals surface area contributed by atoms with Crippen LogP contribution in [0.5, 0.6) is 5.75 Å². The SMILES string of the molecule is CCOC(=O)[C@H](Cc1ccccc1)Nc1ccc2c(c1)NC(=O)[C@@H](C)O2. The number of nitrogens with one attached hydrogen (secondary N) is 2. The predicted molar refractivity (Wildman–Crippen MR) is 99.4 cm³/mol. The van der Waals surface area contributed by atoms with E-state index < -0.39 is 12.1 Å². The van der Waals surface area contributed by atoms with E-state index in [1.165, 1.54) is 0 Å². The molecule has 0 unspecified atom stereocenters. The van der Waals surface area contributed by atoms with Crippen LogP contribution in [0.3, 0.4) is 0 Å². The number of hydrogen-bond acceptors (Lipinski definition) is 5. The van der Waals surface area contributed by atoms with Crippen LogP contribution in [-0.2, 0) is 20.7 Å². The van der Waals surface area contributed by atoms with E-state index in [1.54, 1.807) is 26.0 Å². The summed E-state index contributed by atoms with van der Waals surface area (Å²) in [6.45, 7) is 3.79. The Morgan fingerprint density at radius 1 is 1.27 bits per heavy atom. The average Bonchev–Trinajstić information content (AvgIpc) is 2.63. The fraction of sp³-hybridized carbons (Fsp3) is 0.300. The largest absolute Gasteiger partial charge is 0.479 e. The Hall–Kier alpha value is -3.02. The van der Waals surface area contributed by atoms with Crippen LogP contribution in [0, 0.1) is 0 Å². The molecule has 0 aliphatic carbocycles. The second kappa shape index (κ2) is 7.91. The van der Waals surface area contributed by atoms with Gasteiger partial charge in [-0.25, -0.2) is 4.79 Å². The molecule has 2 aromatic rings. The number of rotatable bonds is 6. The normalized spacial score (nSPS) is 16.7. The van der Waals surface area contributed by atoms with E-state index in [2.05, 4.69) is 10.6 Å². The van der Waals surface area contributed by atoms with Gasteiger partial charge in [0.2, 0.25) is 0 Å². The second-order valence-corrected chi connectivity index (χ2v) is 6.10. The van der Waals surface area contributed by atoms with Crippen LogP contribution in [0.25, 0.3) is 0 Å². The van der Waals surface area contributed by atoms with Crippen molar-refractivity contribution in [1.82, 2.24) is 0 Å². The van der Waals surface area contributed by atoms with Crippen LogP contribution in [-0.4, -0.2) is 30.6 Å². The molecule has 0 bridgehead atoms. The molecule has 0 aromatic heterocycles. The first-order valence-corrected chi connectivity index (χ1v) is 8.65. The fourth-order valence-corrected chi connectivity index (χ4v) is 2.79. The van der Waals surface area contributed by atoms with E-state index in [4.69, 9.17) is 9.47 Å². The molecule has 0 saturated heterocycles. The highest BCUT2D eigenvalue weighted by Crippen LogP contribution is 2.32. The Balaban J connectivity index is 1.79. The zero-order valence-corrected chi connectivity index (χ0v) is 14.8. The third-order valence-electron chi connectivity index (χ3n) is 4.11. The summed E-state index contributed by atoms with van der Waals surface area (Å²) in [5.74, 6) is 0.0993. The number of esters is 1. The van der Waals surface area contributed by atoms with Gasteiger partial charge in [-0.05, 0) is 37.6 Å². The lowest BCUT2D eigenvalue weighted by Gasteiger charge is -2.25. The first-order chi connectivity index (χ1) is 12.6. The summed E-state index contributed by atoms with van der Waals surface area (Å²) in [4.78, 5) is 24.2. The van der Waals surface area contributed by atoms with Crippen LogP contribution in [0.15, 0.2) is 48.5 Å². The Bertz CT molecular complexity index is 792. The highest BCUT2D eigenvalue weighted by atomic mass is 16.5. The Kier molecular flexibility index (Phi) is 5.41. The number of benzene rings is 2. The molecule has 26 heavy (non-hydrogen) atoms. The highest BCUT2D eigenvalue weighted by molar-refractivity contribution is 5.98. The molecule has 1 aliphatic heterocycles. The first kappa shape index (κ1) is 17.8. The molecule has 1 amide bonds. The lowest BCUT2D eigenvalue weighted by atomic mass is 10.1. The van der Waals surface area contributed by atoms with Crippen molar-refractivity contribution in [2.24, 2.45) is 0 Å². The van der Waals surface area contributed by atoms with Gasteiger partial charge in [-0.15, -0.1) is 0 Å². The molecule has 0 spiro atoms. The third kappa shape index (κ3) is 4.14. The third-order valence-corrected chi connectivity index (χ3v) is 4.11. The van der Waals surface area contributed by atoms with Gasteiger partial charge in [-0.2, -0.15) is 0 Å². The summed E-state index contributed by atoms with van der Waals surface area (Å²) in [6.07, 6.45) is -0.0249. The standard InChI is InChI=1S/C20H22N2O4/c1-3-25-20(24)17(11-14-7-5-4-6-8-14)21-15-9-10-18-16(12-15)22-19(23)13(2)26-18/h4-10,12-13,17,21H,3,11H2,1-2H3,(H,22,23)/t13-,17+/m1/s1. The monoisotopic (exact) mass is 354 g/mol. The number of amides is 1. The van der Waals surface area contributed by atoms with E-state index in [9.17, 15) is 9.59 Å². The maximum Gasteiger partial charge on any atom is 0.328 e. The maximum atomic E-state index is 12.4. The number of hydrogen-bond donors (Lipinski definition) is 2. The number of fused-ring (bicyclic) bond motifs is 1. The number of anilines is 2. The van der Waals surface area contributed by atoms with Gasteiger partial charge in [-0.1, -0.05) is 30.3 Å². The van der Waals surface area contributed by atoms with Gasteiger partial charge in [0.1, 0.15) is 11.8 Å². The van der Waals surface area contributed by atoms with Crippen molar-refractivity contribution in [1.29, 1.82) is 0 Å². The van der Waals surface area contributed by atoms with Crippen molar-refractivity contribution in [3.63, 3.8) is 0 Å². The van der Waals surface area contributed by atoms with Crippen molar-refractivity contribution >= 4 is 23.3 Å². The van der Waals surface area contributed by atoms with Gasteiger partial charge >= 0.3 is 5.97 Å². The topological polar surface area (TPSA) is 76.7 Å². The second-order valence-electron chi connectivity index (χ2n) is 6.10. The van der Waals surface area contributed by atoms with Gasteiger partial charge < -0.3 is 20.1 Å². The van der Waals surface area contributed by atoms with Crippen LogP contribution in [0.2, 0.25) is 0 Å². The molecule has 3 rings (SSSR count). The Morgan fingerprint density at radius 2 is 2.04 bits per heavy atom. The predicted octanol–water partition coefficient (Wildman–Crippen LogP) is 2.99. The van der Waals surface area contributed by atoms with Gasteiger partial charge in [0.05, 0.1) is 12.3 Å². The summed E-state index contributed by atoms with van der Waals surface area (Å²) in [6, 6.07) is 14.6. The van der Waals surface area contributed by atoms with Gasteiger partial charge in [0.25, 0.3) is 5.91 Å². The average molecular weight is 354 g/mol. The summed E-state index contributed by atoms with van der Waals surface area (Å²) in [7, 11) is 0. The van der Waals surface area contributed by atoms with Crippen molar-refractivity contribution in [2.75, 3.05) is 17.2 Å². The van der Waals surface area contributed by atoms with Crippen LogP contribution < -0.4 is 15.4 Å². The zero-order valence-electron chi connectivity index (χ0n) is 14.8.